The van der Waals surface area contributed by atoms with E-state index in [-0.39, 0.29) is 24.0 Å². The predicted octanol–water partition coefficient (Wildman–Crippen LogP) is 4.80. The lowest BCUT2D eigenvalue weighted by molar-refractivity contribution is -0.192. The number of hydrogen-bond donors (Lipinski definition) is 6. The van der Waals surface area contributed by atoms with Crippen LogP contribution in [0.4, 0.5) is 24.9 Å². The second-order valence-corrected chi connectivity index (χ2v) is 13.4. The van der Waals surface area contributed by atoms with Gasteiger partial charge < -0.3 is 36.3 Å². The highest BCUT2D eigenvalue weighted by molar-refractivity contribution is 5.84. The molecule has 0 saturated heterocycles. The van der Waals surface area contributed by atoms with Crippen molar-refractivity contribution in [3.05, 3.63) is 96.1 Å². The minimum absolute atomic E-state index is 0.0841. The quantitative estimate of drug-likeness (QED) is 0.123. The molecule has 13 nitrogen and oxygen atoms in total. The number of rotatable bonds is 9. The van der Waals surface area contributed by atoms with Crippen LogP contribution >= 0.6 is 0 Å². The minimum Gasteiger partial charge on any atom is -0.475 e. The summed E-state index contributed by atoms with van der Waals surface area (Å²) >= 11 is 0. The molecule has 5 aromatic rings. The van der Waals surface area contributed by atoms with Gasteiger partial charge in [-0.1, -0.05) is 60.7 Å². The molecule has 1 unspecified atom stereocenters. The monoisotopic (exact) mass is 721 g/mol. The lowest BCUT2D eigenvalue weighted by atomic mass is 9.91. The molecule has 276 valence electrons. The number of aliphatic carboxylic acids is 1. The summed E-state index contributed by atoms with van der Waals surface area (Å²) in [6.45, 7) is 2.55. The molecule has 7 N–H and O–H groups in total. The Morgan fingerprint density at radius 1 is 0.962 bits per heavy atom. The van der Waals surface area contributed by atoms with Crippen LogP contribution in [0, 0.1) is 6.92 Å². The third-order valence-electron chi connectivity index (χ3n) is 9.70. The molecule has 3 heterocycles. The number of fused-ring (bicyclic) bond motifs is 1. The number of nitrogens with zero attached hydrogens (tertiary/aromatic N) is 6. The fourth-order valence-electron chi connectivity index (χ4n) is 6.93. The number of nitrogens with two attached hydrogens (primary N) is 1. The number of anilines is 2. The van der Waals surface area contributed by atoms with E-state index in [0.29, 0.717) is 35.9 Å². The van der Waals surface area contributed by atoms with Crippen LogP contribution in [-0.4, -0.2) is 87.6 Å². The molecule has 2 saturated carbocycles. The fraction of sp³-hybridized carbons (Fsp3) is 0.417. The first-order valence-corrected chi connectivity index (χ1v) is 17.2. The molecular formula is C36H42F3N9O4. The molecule has 2 aliphatic rings. The van der Waals surface area contributed by atoms with E-state index in [0.717, 1.165) is 31.2 Å². The molecule has 7 rings (SSSR count). The van der Waals surface area contributed by atoms with Gasteiger partial charge in [0.25, 0.3) is 0 Å². The number of aryl methyl sites for hydroxylation is 1. The molecule has 2 aliphatic carbocycles. The zero-order chi connectivity index (χ0) is 37.0. The molecule has 0 spiro atoms. The Bertz CT molecular complexity index is 1890. The van der Waals surface area contributed by atoms with Crippen LogP contribution in [0.25, 0.3) is 11.2 Å². The van der Waals surface area contributed by atoms with Gasteiger partial charge in [0.1, 0.15) is 12.2 Å². The van der Waals surface area contributed by atoms with E-state index < -0.39 is 30.4 Å². The van der Waals surface area contributed by atoms with E-state index in [2.05, 4.69) is 64.3 Å². The van der Waals surface area contributed by atoms with Gasteiger partial charge in [-0.3, -0.25) is 4.68 Å². The molecule has 2 fully saturated rings. The summed E-state index contributed by atoms with van der Waals surface area (Å²) in [6.07, 6.45) is 2.59. The topological polar surface area (TPSA) is 189 Å². The average molecular weight is 722 g/mol. The van der Waals surface area contributed by atoms with Gasteiger partial charge in [-0.15, -0.1) is 0 Å². The molecule has 2 aromatic carbocycles. The fourth-order valence-corrected chi connectivity index (χ4v) is 6.93. The SMILES string of the molecule is Cc1cnn([C@H]2C[C@@H](n3cnc4c(NCC(c5ccccc5)c5ccccc5)nc(NC5CCC(N)CC5)nc43)[C@H](O)C2O)c1.O=C(O)C(F)(F)F. The Kier molecular flexibility index (Phi) is 11.1. The number of hydrogen-bond acceptors (Lipinski definition) is 10. The Labute approximate surface area is 297 Å². The first-order chi connectivity index (χ1) is 24.9. The highest BCUT2D eigenvalue weighted by Gasteiger charge is 2.44. The number of halogens is 3. The van der Waals surface area contributed by atoms with Gasteiger partial charge in [0.05, 0.1) is 24.6 Å². The smallest absolute Gasteiger partial charge is 0.475 e. The maximum absolute atomic E-state index is 11.3. The first-order valence-electron chi connectivity index (χ1n) is 17.2. The van der Waals surface area contributed by atoms with Crippen molar-refractivity contribution in [3.8, 4) is 0 Å². The van der Waals surface area contributed by atoms with E-state index in [9.17, 15) is 23.4 Å². The summed E-state index contributed by atoms with van der Waals surface area (Å²) in [6, 6.07) is 20.6. The molecule has 0 bridgehead atoms. The third kappa shape index (κ3) is 8.35. The van der Waals surface area contributed by atoms with Crippen molar-refractivity contribution in [3.63, 3.8) is 0 Å². The summed E-state index contributed by atoms with van der Waals surface area (Å²) in [4.78, 5) is 23.6. The maximum Gasteiger partial charge on any atom is 0.490 e. The van der Waals surface area contributed by atoms with E-state index in [1.807, 2.05) is 29.8 Å². The Balaban J connectivity index is 0.000000604. The van der Waals surface area contributed by atoms with Crippen LogP contribution in [0.15, 0.2) is 79.4 Å². The second kappa shape index (κ2) is 15.7. The number of aromatic nitrogens is 6. The number of nitrogens with one attached hydrogen (secondary N) is 2. The largest absolute Gasteiger partial charge is 0.490 e. The lowest BCUT2D eigenvalue weighted by Crippen LogP contribution is -2.33. The molecule has 0 radical (unpaired) electrons. The average Bonchev–Trinajstić information content (AvgIpc) is 3.83. The van der Waals surface area contributed by atoms with Crippen LogP contribution in [0.5, 0.6) is 0 Å². The summed E-state index contributed by atoms with van der Waals surface area (Å²) in [5.41, 5.74) is 10.8. The zero-order valence-electron chi connectivity index (χ0n) is 28.4. The van der Waals surface area contributed by atoms with Crippen molar-refractivity contribution in [1.82, 2.24) is 29.3 Å². The normalized spacial score (nSPS) is 23.3. The number of imidazole rings is 1. The van der Waals surface area contributed by atoms with Crippen LogP contribution in [0.3, 0.4) is 0 Å². The second-order valence-electron chi connectivity index (χ2n) is 13.4. The zero-order valence-corrected chi connectivity index (χ0v) is 28.4. The minimum atomic E-state index is -5.08. The lowest BCUT2D eigenvalue weighted by Gasteiger charge is -2.27. The number of benzene rings is 2. The first kappa shape index (κ1) is 36.7. The maximum atomic E-state index is 11.3. The summed E-state index contributed by atoms with van der Waals surface area (Å²) < 4.78 is 35.4. The summed E-state index contributed by atoms with van der Waals surface area (Å²) in [7, 11) is 0. The van der Waals surface area contributed by atoms with Crippen molar-refractivity contribution in [2.75, 3.05) is 17.2 Å². The van der Waals surface area contributed by atoms with Gasteiger partial charge in [-0.2, -0.15) is 28.2 Å². The van der Waals surface area contributed by atoms with Crippen molar-refractivity contribution >= 4 is 28.9 Å². The van der Waals surface area contributed by atoms with Crippen molar-refractivity contribution < 1.29 is 33.3 Å². The van der Waals surface area contributed by atoms with Gasteiger partial charge in [-0.25, -0.2) is 9.78 Å². The molecule has 0 aliphatic heterocycles. The molecule has 16 heteroatoms. The predicted molar refractivity (Wildman–Crippen MR) is 188 cm³/mol. The molecule has 4 atom stereocenters. The Morgan fingerprint density at radius 3 is 2.12 bits per heavy atom. The van der Waals surface area contributed by atoms with E-state index in [1.165, 1.54) is 11.1 Å². The van der Waals surface area contributed by atoms with Gasteiger partial charge >= 0.3 is 12.1 Å². The summed E-state index contributed by atoms with van der Waals surface area (Å²) in [5, 5.41) is 41.0. The number of carboxylic acid groups (broad SMARTS) is 1. The highest BCUT2D eigenvalue weighted by atomic mass is 19.4. The number of carboxylic acids is 1. The number of alkyl halides is 3. The van der Waals surface area contributed by atoms with Crippen molar-refractivity contribution in [2.45, 2.75) is 87.5 Å². The van der Waals surface area contributed by atoms with Gasteiger partial charge in [0.2, 0.25) is 5.95 Å². The van der Waals surface area contributed by atoms with Crippen LogP contribution in [0.1, 0.15) is 66.8 Å². The number of carbonyl (C=O) groups is 1. The molecule has 0 amide bonds. The Morgan fingerprint density at radius 2 is 1.56 bits per heavy atom. The van der Waals surface area contributed by atoms with Crippen molar-refractivity contribution in [2.24, 2.45) is 5.73 Å². The standard InChI is InChI=1S/C34H41N9O2.C2HF3O2/c1-21-17-38-43(19-21)28-16-27(30(44)31(28)45)42-20-37-29-32(40-34(41-33(29)42)39-25-14-12-24(35)13-15-25)36-18-26(22-8-4-2-5-9-22)23-10-6-3-7-11-23;3-2(4,5)1(6)7/h2-11,17,19-20,24-28,30-31,44-45H,12-16,18,35H2,1H3,(H2,36,39,40,41);(H,6,7)/t24?,25?,27-,28+,30+,31?;/m1./s1. The van der Waals surface area contributed by atoms with E-state index in [4.69, 9.17) is 30.6 Å². The van der Waals surface area contributed by atoms with Gasteiger partial charge in [-0.05, 0) is 55.7 Å². The van der Waals surface area contributed by atoms with Crippen LogP contribution in [0.2, 0.25) is 0 Å². The summed E-state index contributed by atoms with van der Waals surface area (Å²) in [5.74, 6) is -1.54. The molecular weight excluding hydrogens is 679 g/mol. The van der Waals surface area contributed by atoms with Crippen LogP contribution in [-0.2, 0) is 4.79 Å². The van der Waals surface area contributed by atoms with Crippen molar-refractivity contribution in [1.29, 1.82) is 0 Å². The highest BCUT2D eigenvalue weighted by Crippen LogP contribution is 2.40. The molecule has 52 heavy (non-hydrogen) atoms. The Hall–Kier alpha value is -5.06. The third-order valence-corrected chi connectivity index (χ3v) is 9.70. The number of aliphatic hydroxyl groups is 2. The van der Waals surface area contributed by atoms with E-state index in [1.54, 1.807) is 17.2 Å². The number of aliphatic hydroxyl groups excluding tert-OH is 2. The van der Waals surface area contributed by atoms with E-state index >= 15 is 0 Å². The van der Waals surface area contributed by atoms with Crippen LogP contribution < -0.4 is 16.4 Å². The van der Waals surface area contributed by atoms with Gasteiger partial charge in [0, 0.05) is 30.7 Å². The van der Waals surface area contributed by atoms with Gasteiger partial charge in [0.15, 0.2) is 17.0 Å². The molecule has 3 aromatic heterocycles.